The molecule has 1 heterocycles. The molecule has 1 fully saturated rings. The van der Waals surface area contributed by atoms with Crippen molar-refractivity contribution in [3.63, 3.8) is 0 Å². The van der Waals surface area contributed by atoms with Gasteiger partial charge in [0.25, 0.3) is 0 Å². The van der Waals surface area contributed by atoms with Crippen LogP contribution in [0.2, 0.25) is 0 Å². The summed E-state index contributed by atoms with van der Waals surface area (Å²) in [5.74, 6) is -0.485. The van der Waals surface area contributed by atoms with Gasteiger partial charge in [-0.1, -0.05) is 65.3 Å². The fourth-order valence-corrected chi connectivity index (χ4v) is 3.92. The van der Waals surface area contributed by atoms with E-state index in [1.807, 2.05) is 30.3 Å². The molecule has 0 saturated carbocycles. The van der Waals surface area contributed by atoms with E-state index in [1.165, 1.54) is 23.8 Å². The molecule has 1 aliphatic heterocycles. The first-order valence-electron chi connectivity index (χ1n) is 11.7. The molecule has 0 aliphatic carbocycles. The zero-order valence-corrected chi connectivity index (χ0v) is 20.4. The number of hydrogen-bond acceptors (Lipinski definition) is 4. The molecule has 0 spiro atoms. The standard InChI is InChI=1S/C28H40O4/c1-21(2)11-9-12-22(3)13-10-14-23(4)17-27-26(28(29)30-5)18-25(32-27)20-31-19-24-15-7-6-8-16-24/h6-8,11,13,15-17,25-27H,9-10,12,14,18-20H2,1-5H3/b22-13+,23-17+/t25-,26-,27-/m1/s1. The Morgan fingerprint density at radius 3 is 2.41 bits per heavy atom. The minimum Gasteiger partial charge on any atom is -0.469 e. The molecule has 4 nitrogen and oxygen atoms in total. The SMILES string of the molecule is COC(=O)[C@@H]1C[C@H](COCc2ccccc2)O[C@@H]1/C=C(\C)CC/C=C(\C)CCC=C(C)C. The van der Waals surface area contributed by atoms with Crippen LogP contribution >= 0.6 is 0 Å². The van der Waals surface area contributed by atoms with E-state index in [9.17, 15) is 4.79 Å². The smallest absolute Gasteiger partial charge is 0.311 e. The lowest BCUT2D eigenvalue weighted by atomic mass is 9.97. The Hall–Kier alpha value is -2.17. The van der Waals surface area contributed by atoms with Crippen LogP contribution in [0, 0.1) is 5.92 Å². The molecular formula is C28H40O4. The third kappa shape index (κ3) is 9.54. The molecule has 0 unspecified atom stereocenters. The molecule has 1 aromatic carbocycles. The molecule has 1 saturated heterocycles. The summed E-state index contributed by atoms with van der Waals surface area (Å²) in [5.41, 5.74) is 5.17. The van der Waals surface area contributed by atoms with E-state index < -0.39 is 0 Å². The lowest BCUT2D eigenvalue weighted by Crippen LogP contribution is -2.24. The number of ether oxygens (including phenoxy) is 3. The number of carbonyl (C=O) groups excluding carboxylic acids is 1. The van der Waals surface area contributed by atoms with Crippen molar-refractivity contribution in [1.29, 1.82) is 0 Å². The van der Waals surface area contributed by atoms with E-state index in [0.717, 1.165) is 31.2 Å². The lowest BCUT2D eigenvalue weighted by Gasteiger charge is -2.14. The predicted octanol–water partition coefficient (Wildman–Crippen LogP) is 6.57. The van der Waals surface area contributed by atoms with Gasteiger partial charge < -0.3 is 14.2 Å². The topological polar surface area (TPSA) is 44.8 Å². The molecule has 0 amide bonds. The second-order valence-corrected chi connectivity index (χ2v) is 9.01. The summed E-state index contributed by atoms with van der Waals surface area (Å²) in [6.45, 7) is 9.61. The van der Waals surface area contributed by atoms with Gasteiger partial charge in [-0.15, -0.1) is 0 Å². The van der Waals surface area contributed by atoms with Crippen LogP contribution in [0.25, 0.3) is 0 Å². The predicted molar refractivity (Wildman–Crippen MR) is 130 cm³/mol. The van der Waals surface area contributed by atoms with Crippen molar-refractivity contribution in [1.82, 2.24) is 0 Å². The molecule has 3 atom stereocenters. The van der Waals surface area contributed by atoms with Crippen LogP contribution in [-0.2, 0) is 25.6 Å². The van der Waals surface area contributed by atoms with Gasteiger partial charge in [0.1, 0.15) is 0 Å². The summed E-state index contributed by atoms with van der Waals surface area (Å²) in [5, 5.41) is 0. The molecular weight excluding hydrogens is 400 g/mol. The van der Waals surface area contributed by atoms with Gasteiger partial charge >= 0.3 is 5.97 Å². The Balaban J connectivity index is 1.85. The van der Waals surface area contributed by atoms with Crippen LogP contribution < -0.4 is 0 Å². The first-order chi connectivity index (χ1) is 15.4. The molecule has 0 radical (unpaired) electrons. The maximum atomic E-state index is 12.3. The number of carbonyl (C=O) groups is 1. The maximum absolute atomic E-state index is 12.3. The first kappa shape index (κ1) is 26.1. The van der Waals surface area contributed by atoms with Gasteiger partial charge in [-0.3, -0.25) is 4.79 Å². The lowest BCUT2D eigenvalue weighted by molar-refractivity contribution is -0.146. The Kier molecular flexibility index (Phi) is 11.5. The van der Waals surface area contributed by atoms with Gasteiger partial charge in [0.05, 0.1) is 38.4 Å². The minimum absolute atomic E-state index is 0.103. The first-order valence-corrected chi connectivity index (χ1v) is 11.7. The zero-order valence-electron chi connectivity index (χ0n) is 20.4. The average molecular weight is 441 g/mol. The van der Waals surface area contributed by atoms with Gasteiger partial charge in [0.2, 0.25) is 0 Å². The largest absolute Gasteiger partial charge is 0.469 e. The Labute approximate surface area is 194 Å². The number of methoxy groups -OCH3 is 1. The van der Waals surface area contributed by atoms with Gasteiger partial charge in [0.15, 0.2) is 0 Å². The Bertz CT molecular complexity index is 787. The maximum Gasteiger partial charge on any atom is 0.311 e. The highest BCUT2D eigenvalue weighted by molar-refractivity contribution is 5.73. The van der Waals surface area contributed by atoms with Crippen molar-refractivity contribution >= 4 is 5.97 Å². The van der Waals surface area contributed by atoms with Crippen LogP contribution in [0.3, 0.4) is 0 Å². The van der Waals surface area contributed by atoms with Crippen LogP contribution in [0.5, 0.6) is 0 Å². The van der Waals surface area contributed by atoms with E-state index >= 15 is 0 Å². The summed E-state index contributed by atoms with van der Waals surface area (Å²) in [7, 11) is 1.44. The van der Waals surface area contributed by atoms with Crippen molar-refractivity contribution in [3.8, 4) is 0 Å². The van der Waals surface area contributed by atoms with Crippen LogP contribution in [0.15, 0.2) is 65.3 Å². The highest BCUT2D eigenvalue weighted by Crippen LogP contribution is 2.30. The van der Waals surface area contributed by atoms with Crippen LogP contribution in [-0.4, -0.2) is 31.9 Å². The summed E-state index contributed by atoms with van der Waals surface area (Å²) in [4.78, 5) is 12.3. The fraction of sp³-hybridized carbons (Fsp3) is 0.536. The molecule has 0 N–H and O–H groups in total. The second-order valence-electron chi connectivity index (χ2n) is 9.01. The van der Waals surface area contributed by atoms with Gasteiger partial charge in [-0.2, -0.15) is 0 Å². The number of benzene rings is 1. The van der Waals surface area contributed by atoms with Crippen LogP contribution in [0.1, 0.15) is 65.4 Å². The van der Waals surface area contributed by atoms with E-state index in [-0.39, 0.29) is 24.1 Å². The van der Waals surface area contributed by atoms with E-state index in [2.05, 4.69) is 45.9 Å². The second kappa shape index (κ2) is 14.1. The van der Waals surface area contributed by atoms with Crippen molar-refractivity contribution in [2.75, 3.05) is 13.7 Å². The normalized spacial score (nSPS) is 21.5. The van der Waals surface area contributed by atoms with Crippen molar-refractivity contribution in [2.24, 2.45) is 5.92 Å². The van der Waals surface area contributed by atoms with E-state index in [1.54, 1.807) is 0 Å². The van der Waals surface area contributed by atoms with E-state index in [0.29, 0.717) is 19.6 Å². The Morgan fingerprint density at radius 2 is 1.72 bits per heavy atom. The Morgan fingerprint density at radius 1 is 1.03 bits per heavy atom. The number of allylic oxidation sites excluding steroid dienone is 5. The quantitative estimate of drug-likeness (QED) is 0.272. The summed E-state index contributed by atoms with van der Waals surface area (Å²) >= 11 is 0. The zero-order chi connectivity index (χ0) is 23.3. The molecule has 2 rings (SSSR count). The highest BCUT2D eigenvalue weighted by Gasteiger charge is 2.39. The summed E-state index contributed by atoms with van der Waals surface area (Å²) in [6, 6.07) is 10.1. The molecule has 176 valence electrons. The molecule has 1 aromatic rings. The van der Waals surface area contributed by atoms with Crippen molar-refractivity contribution in [2.45, 2.75) is 78.6 Å². The molecule has 0 bridgehead atoms. The molecule has 0 aromatic heterocycles. The summed E-state index contributed by atoms with van der Waals surface area (Å²) < 4.78 is 17.1. The monoisotopic (exact) mass is 440 g/mol. The molecule has 4 heteroatoms. The molecule has 32 heavy (non-hydrogen) atoms. The van der Waals surface area contributed by atoms with Gasteiger partial charge in [-0.25, -0.2) is 0 Å². The van der Waals surface area contributed by atoms with Gasteiger partial charge in [0, 0.05) is 0 Å². The van der Waals surface area contributed by atoms with E-state index in [4.69, 9.17) is 14.2 Å². The third-order valence-corrected chi connectivity index (χ3v) is 5.75. The number of hydrogen-bond donors (Lipinski definition) is 0. The minimum atomic E-state index is -0.276. The van der Waals surface area contributed by atoms with Crippen molar-refractivity contribution in [3.05, 3.63) is 70.8 Å². The number of esters is 1. The van der Waals surface area contributed by atoms with Gasteiger partial charge in [-0.05, 0) is 65.4 Å². The highest BCUT2D eigenvalue weighted by atomic mass is 16.6. The fourth-order valence-electron chi connectivity index (χ4n) is 3.92. The summed E-state index contributed by atoms with van der Waals surface area (Å²) in [6.07, 6.45) is 11.1. The van der Waals surface area contributed by atoms with Crippen LogP contribution in [0.4, 0.5) is 0 Å². The number of rotatable bonds is 12. The van der Waals surface area contributed by atoms with Crippen molar-refractivity contribution < 1.29 is 19.0 Å². The molecule has 1 aliphatic rings. The average Bonchev–Trinajstić information content (AvgIpc) is 3.16. The third-order valence-electron chi connectivity index (χ3n) is 5.75.